The van der Waals surface area contributed by atoms with Crippen LogP contribution in [-0.2, 0) is 0 Å². The molecule has 5 nitrogen and oxygen atoms in total. The van der Waals surface area contributed by atoms with E-state index in [1.54, 1.807) is 25.3 Å². The van der Waals surface area contributed by atoms with Crippen molar-refractivity contribution in [3.8, 4) is 17.4 Å². The van der Waals surface area contributed by atoms with Crippen LogP contribution in [0.25, 0.3) is 0 Å². The average molecular weight is 324 g/mol. The number of carbonyl (C=O) groups is 1. The van der Waals surface area contributed by atoms with Crippen LogP contribution in [0.2, 0.25) is 0 Å². The maximum absolute atomic E-state index is 10.8. The zero-order valence-electron chi connectivity index (χ0n) is 9.96. The van der Waals surface area contributed by atoms with Crippen molar-refractivity contribution in [3.63, 3.8) is 0 Å². The summed E-state index contributed by atoms with van der Waals surface area (Å²) >= 11 is 3.34. The van der Waals surface area contributed by atoms with Gasteiger partial charge in [0.15, 0.2) is 0 Å². The molecule has 0 aliphatic carbocycles. The normalized spacial score (nSPS) is 10.0. The molecular formula is C13H10BrNO4. The molecule has 1 aromatic heterocycles. The molecular weight excluding hydrogens is 314 g/mol. The first-order valence-corrected chi connectivity index (χ1v) is 6.10. The van der Waals surface area contributed by atoms with E-state index < -0.39 is 5.97 Å². The molecule has 0 aliphatic heterocycles. The number of benzene rings is 1. The number of carboxylic acid groups (broad SMARTS) is 1. The Morgan fingerprint density at radius 3 is 2.74 bits per heavy atom. The number of methoxy groups -OCH3 is 1. The SMILES string of the molecule is COc1ccc(Oc2cc(C(=O)O)ccn2)c(Br)c1. The Labute approximate surface area is 117 Å². The molecule has 1 aromatic carbocycles. The van der Waals surface area contributed by atoms with Gasteiger partial charge >= 0.3 is 5.97 Å². The number of pyridine rings is 1. The number of nitrogens with zero attached hydrogens (tertiary/aromatic N) is 1. The summed E-state index contributed by atoms with van der Waals surface area (Å²) in [6.07, 6.45) is 1.39. The fraction of sp³-hybridized carbons (Fsp3) is 0.0769. The van der Waals surface area contributed by atoms with Crippen LogP contribution < -0.4 is 9.47 Å². The van der Waals surface area contributed by atoms with Crippen LogP contribution in [0.5, 0.6) is 17.4 Å². The minimum atomic E-state index is -1.03. The third-order valence-electron chi connectivity index (χ3n) is 2.34. The van der Waals surface area contributed by atoms with Gasteiger partial charge in [-0.25, -0.2) is 9.78 Å². The molecule has 2 aromatic rings. The highest BCUT2D eigenvalue weighted by Crippen LogP contribution is 2.32. The van der Waals surface area contributed by atoms with E-state index in [4.69, 9.17) is 14.6 Å². The van der Waals surface area contributed by atoms with Crippen molar-refractivity contribution in [3.05, 3.63) is 46.6 Å². The predicted octanol–water partition coefficient (Wildman–Crippen LogP) is 3.34. The van der Waals surface area contributed by atoms with Crippen LogP contribution in [0.15, 0.2) is 41.0 Å². The van der Waals surface area contributed by atoms with E-state index in [0.29, 0.717) is 16.0 Å². The van der Waals surface area contributed by atoms with E-state index in [1.165, 1.54) is 18.3 Å². The Hall–Kier alpha value is -2.08. The van der Waals surface area contributed by atoms with Gasteiger partial charge in [0.25, 0.3) is 0 Å². The Bertz CT molecular complexity index is 615. The maximum Gasteiger partial charge on any atom is 0.335 e. The monoisotopic (exact) mass is 323 g/mol. The molecule has 0 atom stereocenters. The van der Waals surface area contributed by atoms with E-state index in [1.807, 2.05) is 0 Å². The third-order valence-corrected chi connectivity index (χ3v) is 2.96. The van der Waals surface area contributed by atoms with Crippen LogP contribution in [0.3, 0.4) is 0 Å². The molecule has 0 saturated carbocycles. The highest BCUT2D eigenvalue weighted by Gasteiger charge is 2.08. The van der Waals surface area contributed by atoms with Gasteiger partial charge in [-0.15, -0.1) is 0 Å². The summed E-state index contributed by atoms with van der Waals surface area (Å²) in [7, 11) is 1.57. The summed E-state index contributed by atoms with van der Waals surface area (Å²) in [5.74, 6) is 0.397. The molecule has 0 amide bonds. The van der Waals surface area contributed by atoms with Gasteiger partial charge in [0, 0.05) is 12.3 Å². The van der Waals surface area contributed by atoms with Gasteiger partial charge in [-0.1, -0.05) is 0 Å². The molecule has 1 heterocycles. The number of halogens is 1. The van der Waals surface area contributed by atoms with E-state index in [2.05, 4.69) is 20.9 Å². The molecule has 1 N–H and O–H groups in total. The number of carboxylic acids is 1. The fourth-order valence-electron chi connectivity index (χ4n) is 1.40. The molecule has 0 radical (unpaired) electrons. The number of aromatic carboxylic acids is 1. The molecule has 6 heteroatoms. The van der Waals surface area contributed by atoms with Gasteiger partial charge in [0.1, 0.15) is 11.5 Å². The van der Waals surface area contributed by atoms with Crippen LogP contribution in [0.4, 0.5) is 0 Å². The maximum atomic E-state index is 10.8. The molecule has 0 aliphatic rings. The predicted molar refractivity (Wildman–Crippen MR) is 72.0 cm³/mol. The van der Waals surface area contributed by atoms with Gasteiger partial charge in [-0.3, -0.25) is 0 Å². The number of ether oxygens (including phenoxy) is 2. The van der Waals surface area contributed by atoms with Gasteiger partial charge in [-0.2, -0.15) is 0 Å². The first-order chi connectivity index (χ1) is 9.10. The van der Waals surface area contributed by atoms with Gasteiger partial charge in [0.2, 0.25) is 5.88 Å². The van der Waals surface area contributed by atoms with Crippen molar-refractivity contribution in [2.45, 2.75) is 0 Å². The number of aromatic nitrogens is 1. The Morgan fingerprint density at radius 1 is 1.32 bits per heavy atom. The first-order valence-electron chi connectivity index (χ1n) is 5.31. The minimum Gasteiger partial charge on any atom is -0.497 e. The Balaban J connectivity index is 2.26. The van der Waals surface area contributed by atoms with Crippen molar-refractivity contribution in [2.75, 3.05) is 7.11 Å². The van der Waals surface area contributed by atoms with Crippen LogP contribution >= 0.6 is 15.9 Å². The quantitative estimate of drug-likeness (QED) is 0.934. The van der Waals surface area contributed by atoms with Crippen molar-refractivity contribution >= 4 is 21.9 Å². The van der Waals surface area contributed by atoms with Crippen molar-refractivity contribution in [1.29, 1.82) is 0 Å². The zero-order chi connectivity index (χ0) is 13.8. The smallest absolute Gasteiger partial charge is 0.335 e. The summed E-state index contributed by atoms with van der Waals surface area (Å²) in [6.45, 7) is 0. The van der Waals surface area contributed by atoms with E-state index in [9.17, 15) is 4.79 Å². The Kier molecular flexibility index (Phi) is 4.01. The van der Waals surface area contributed by atoms with Crippen molar-refractivity contribution in [1.82, 2.24) is 4.98 Å². The largest absolute Gasteiger partial charge is 0.497 e. The Morgan fingerprint density at radius 2 is 2.11 bits per heavy atom. The molecule has 0 saturated heterocycles. The summed E-state index contributed by atoms with van der Waals surface area (Å²) in [5, 5.41) is 8.89. The molecule has 0 unspecified atom stereocenters. The highest BCUT2D eigenvalue weighted by atomic mass is 79.9. The lowest BCUT2D eigenvalue weighted by molar-refractivity contribution is 0.0696. The lowest BCUT2D eigenvalue weighted by Crippen LogP contribution is -1.98. The molecule has 0 fully saturated rings. The summed E-state index contributed by atoms with van der Waals surface area (Å²) in [5.41, 5.74) is 0.120. The molecule has 19 heavy (non-hydrogen) atoms. The molecule has 0 bridgehead atoms. The van der Waals surface area contributed by atoms with Crippen LogP contribution in [0, 0.1) is 0 Å². The van der Waals surface area contributed by atoms with Crippen LogP contribution in [0.1, 0.15) is 10.4 Å². The molecule has 98 valence electrons. The minimum absolute atomic E-state index is 0.120. The summed E-state index contributed by atoms with van der Waals surface area (Å²) < 4.78 is 11.3. The molecule has 2 rings (SSSR count). The number of hydrogen-bond donors (Lipinski definition) is 1. The first kappa shape index (κ1) is 13.4. The fourth-order valence-corrected chi connectivity index (χ4v) is 1.84. The lowest BCUT2D eigenvalue weighted by atomic mass is 10.3. The van der Waals surface area contributed by atoms with Gasteiger partial charge in [-0.05, 0) is 40.2 Å². The van der Waals surface area contributed by atoms with Gasteiger partial charge < -0.3 is 14.6 Å². The van der Waals surface area contributed by atoms with Gasteiger partial charge in [0.05, 0.1) is 17.1 Å². The van der Waals surface area contributed by atoms with E-state index in [0.717, 1.165) is 0 Å². The second-order valence-corrected chi connectivity index (χ2v) is 4.44. The zero-order valence-corrected chi connectivity index (χ0v) is 11.5. The van der Waals surface area contributed by atoms with E-state index in [-0.39, 0.29) is 11.4 Å². The second kappa shape index (κ2) is 5.71. The van der Waals surface area contributed by atoms with Crippen molar-refractivity contribution in [2.24, 2.45) is 0 Å². The third kappa shape index (κ3) is 3.23. The summed E-state index contributed by atoms with van der Waals surface area (Å²) in [6, 6.07) is 7.95. The molecule has 0 spiro atoms. The second-order valence-electron chi connectivity index (χ2n) is 3.59. The van der Waals surface area contributed by atoms with Crippen molar-refractivity contribution < 1.29 is 19.4 Å². The number of hydrogen-bond acceptors (Lipinski definition) is 4. The highest BCUT2D eigenvalue weighted by molar-refractivity contribution is 9.10. The van der Waals surface area contributed by atoms with E-state index >= 15 is 0 Å². The topological polar surface area (TPSA) is 68.7 Å². The van der Waals surface area contributed by atoms with Crippen LogP contribution in [-0.4, -0.2) is 23.2 Å². The summed E-state index contributed by atoms with van der Waals surface area (Å²) in [4.78, 5) is 14.8. The standard InChI is InChI=1S/C13H10BrNO4/c1-18-9-2-3-11(10(14)7-9)19-12-6-8(13(16)17)4-5-15-12/h2-7H,1H3,(H,16,17). The number of rotatable bonds is 4. The average Bonchev–Trinajstić information content (AvgIpc) is 2.41. The lowest BCUT2D eigenvalue weighted by Gasteiger charge is -2.08.